The summed E-state index contributed by atoms with van der Waals surface area (Å²) in [6, 6.07) is 0.203. The Morgan fingerprint density at radius 2 is 1.78 bits per heavy atom. The van der Waals surface area contributed by atoms with Gasteiger partial charge in [0.05, 0.1) is 6.54 Å². The molecule has 0 aromatic carbocycles. The highest BCUT2D eigenvalue weighted by Crippen LogP contribution is 2.28. The van der Waals surface area contributed by atoms with Crippen LogP contribution in [0.5, 0.6) is 0 Å². The second kappa shape index (κ2) is 10.1. The van der Waals surface area contributed by atoms with E-state index in [9.17, 15) is 9.59 Å². The van der Waals surface area contributed by atoms with E-state index in [-0.39, 0.29) is 24.3 Å². The molecule has 0 atom stereocenters. The van der Waals surface area contributed by atoms with Crippen LogP contribution < -0.4 is 16.0 Å². The van der Waals surface area contributed by atoms with Crippen LogP contribution in [0.15, 0.2) is 0 Å². The van der Waals surface area contributed by atoms with Crippen molar-refractivity contribution in [2.24, 2.45) is 11.8 Å². The summed E-state index contributed by atoms with van der Waals surface area (Å²) in [4.78, 5) is 25.5. The number of carbonyl (C=O) groups excluding carboxylic acids is 2. The summed E-state index contributed by atoms with van der Waals surface area (Å²) in [6.07, 6.45) is 4.93. The summed E-state index contributed by atoms with van der Waals surface area (Å²) in [7, 11) is 0. The average Bonchev–Trinajstić information content (AvgIpc) is 3.28. The summed E-state index contributed by atoms with van der Waals surface area (Å²) in [5.74, 6) is 1.07. The number of nitrogens with zero attached hydrogens (tertiary/aromatic N) is 1. The van der Waals surface area contributed by atoms with Gasteiger partial charge in [-0.25, -0.2) is 4.79 Å². The molecule has 2 rings (SSSR count). The highest BCUT2D eigenvalue weighted by Gasteiger charge is 2.25. The van der Waals surface area contributed by atoms with E-state index < -0.39 is 0 Å². The molecule has 1 heterocycles. The van der Waals surface area contributed by atoms with E-state index in [2.05, 4.69) is 20.9 Å². The zero-order valence-electron chi connectivity index (χ0n) is 14.3. The van der Waals surface area contributed by atoms with Gasteiger partial charge in [0.15, 0.2) is 0 Å². The Bertz CT molecular complexity index is 380. The first kappa shape index (κ1) is 20.2. The molecule has 1 saturated carbocycles. The number of piperidine rings is 1. The predicted molar refractivity (Wildman–Crippen MR) is 93.8 cm³/mol. The molecule has 23 heavy (non-hydrogen) atoms. The molecule has 6 nitrogen and oxygen atoms in total. The van der Waals surface area contributed by atoms with Crippen LogP contribution in [0, 0.1) is 11.8 Å². The topological polar surface area (TPSA) is 73.5 Å². The Kier molecular flexibility index (Phi) is 8.87. The zero-order chi connectivity index (χ0) is 15.9. The molecular weight excluding hydrogens is 316 g/mol. The molecule has 3 N–H and O–H groups in total. The van der Waals surface area contributed by atoms with Crippen molar-refractivity contribution in [1.29, 1.82) is 0 Å². The van der Waals surface area contributed by atoms with Crippen molar-refractivity contribution in [3.8, 4) is 0 Å². The number of likely N-dealkylation sites (tertiary alicyclic amines) is 1. The van der Waals surface area contributed by atoms with Crippen LogP contribution in [-0.2, 0) is 4.79 Å². The van der Waals surface area contributed by atoms with Crippen LogP contribution in [0.25, 0.3) is 0 Å². The lowest BCUT2D eigenvalue weighted by atomic mass is 10.0. The zero-order valence-corrected chi connectivity index (χ0v) is 15.1. The maximum Gasteiger partial charge on any atom is 0.321 e. The standard InChI is InChI=1S/C16H30N4O2.ClH/c1-12(2)9-18-16(22)19-15(21)11-20-7-5-14(6-8-20)17-10-13-3-4-13;/h12-14,17H,3-11H2,1-2H3,(H2,18,19,21,22);1H. The van der Waals surface area contributed by atoms with E-state index in [1.165, 1.54) is 12.8 Å². The van der Waals surface area contributed by atoms with Crippen LogP contribution >= 0.6 is 12.4 Å². The molecule has 0 spiro atoms. The largest absolute Gasteiger partial charge is 0.338 e. The Morgan fingerprint density at radius 1 is 1.13 bits per heavy atom. The van der Waals surface area contributed by atoms with Crippen LogP contribution in [0.4, 0.5) is 4.79 Å². The normalized spacial score (nSPS) is 19.3. The molecule has 0 aromatic heterocycles. The van der Waals surface area contributed by atoms with E-state index in [0.717, 1.165) is 38.4 Å². The summed E-state index contributed by atoms with van der Waals surface area (Å²) < 4.78 is 0. The van der Waals surface area contributed by atoms with Gasteiger partial charge in [-0.2, -0.15) is 0 Å². The smallest absolute Gasteiger partial charge is 0.321 e. The Hall–Kier alpha value is -0.850. The van der Waals surface area contributed by atoms with Gasteiger partial charge in [0.1, 0.15) is 0 Å². The number of carbonyl (C=O) groups is 2. The van der Waals surface area contributed by atoms with Crippen LogP contribution in [-0.4, -0.2) is 55.6 Å². The molecule has 7 heteroatoms. The van der Waals surface area contributed by atoms with Crippen LogP contribution in [0.3, 0.4) is 0 Å². The molecule has 3 amide bonds. The third kappa shape index (κ3) is 8.53. The number of amides is 3. The SMILES string of the molecule is CC(C)CNC(=O)NC(=O)CN1CCC(NCC2CC2)CC1.Cl. The minimum atomic E-state index is -0.389. The summed E-state index contributed by atoms with van der Waals surface area (Å²) >= 11 is 0. The van der Waals surface area contributed by atoms with Gasteiger partial charge in [0, 0.05) is 25.7 Å². The molecule has 0 bridgehead atoms. The molecule has 0 unspecified atom stereocenters. The van der Waals surface area contributed by atoms with Crippen molar-refractivity contribution < 1.29 is 9.59 Å². The van der Waals surface area contributed by atoms with Crippen molar-refractivity contribution >= 4 is 24.3 Å². The molecule has 134 valence electrons. The summed E-state index contributed by atoms with van der Waals surface area (Å²) in [5, 5.41) is 8.71. The predicted octanol–water partition coefficient (Wildman–Crippen LogP) is 1.35. The first-order valence-electron chi connectivity index (χ1n) is 8.56. The van der Waals surface area contributed by atoms with Gasteiger partial charge < -0.3 is 10.6 Å². The quantitative estimate of drug-likeness (QED) is 0.650. The maximum absolute atomic E-state index is 11.8. The highest BCUT2D eigenvalue weighted by atomic mass is 35.5. The maximum atomic E-state index is 11.8. The fourth-order valence-electron chi connectivity index (χ4n) is 2.66. The summed E-state index contributed by atoms with van der Waals surface area (Å²) in [5.41, 5.74) is 0. The first-order chi connectivity index (χ1) is 10.5. The third-order valence-electron chi connectivity index (χ3n) is 4.27. The molecule has 1 saturated heterocycles. The minimum Gasteiger partial charge on any atom is -0.338 e. The van der Waals surface area contributed by atoms with Gasteiger partial charge in [-0.1, -0.05) is 13.8 Å². The van der Waals surface area contributed by atoms with Crippen molar-refractivity contribution in [3.63, 3.8) is 0 Å². The Morgan fingerprint density at radius 3 is 2.35 bits per heavy atom. The molecule has 2 aliphatic rings. The van der Waals surface area contributed by atoms with Gasteiger partial charge in [-0.05, 0) is 44.1 Å². The monoisotopic (exact) mass is 346 g/mol. The van der Waals surface area contributed by atoms with E-state index in [1.54, 1.807) is 0 Å². The van der Waals surface area contributed by atoms with Crippen LogP contribution in [0.2, 0.25) is 0 Å². The third-order valence-corrected chi connectivity index (χ3v) is 4.27. The lowest BCUT2D eigenvalue weighted by Crippen LogP contribution is -2.49. The fraction of sp³-hybridized carbons (Fsp3) is 0.875. The number of halogens is 1. The van der Waals surface area contributed by atoms with E-state index in [0.29, 0.717) is 25.0 Å². The lowest BCUT2D eigenvalue weighted by molar-refractivity contribution is -0.121. The minimum absolute atomic E-state index is 0. The van der Waals surface area contributed by atoms with E-state index in [4.69, 9.17) is 0 Å². The van der Waals surface area contributed by atoms with Crippen molar-refractivity contribution in [2.45, 2.75) is 45.6 Å². The first-order valence-corrected chi connectivity index (χ1v) is 8.56. The van der Waals surface area contributed by atoms with E-state index >= 15 is 0 Å². The highest BCUT2D eigenvalue weighted by molar-refractivity contribution is 5.95. The van der Waals surface area contributed by atoms with Gasteiger partial charge in [-0.15, -0.1) is 12.4 Å². The van der Waals surface area contributed by atoms with Gasteiger partial charge in [0.2, 0.25) is 5.91 Å². The van der Waals surface area contributed by atoms with Crippen molar-refractivity contribution in [1.82, 2.24) is 20.9 Å². The summed E-state index contributed by atoms with van der Waals surface area (Å²) in [6.45, 7) is 7.92. The van der Waals surface area contributed by atoms with E-state index in [1.807, 2.05) is 13.8 Å². The van der Waals surface area contributed by atoms with Gasteiger partial charge >= 0.3 is 6.03 Å². The number of hydrogen-bond acceptors (Lipinski definition) is 4. The second-order valence-corrected chi connectivity index (χ2v) is 7.05. The second-order valence-electron chi connectivity index (χ2n) is 7.05. The number of nitrogens with one attached hydrogen (secondary N) is 3. The van der Waals surface area contributed by atoms with Crippen molar-refractivity contribution in [2.75, 3.05) is 32.7 Å². The number of imide groups is 1. The average molecular weight is 347 g/mol. The Balaban J connectivity index is 0.00000264. The lowest BCUT2D eigenvalue weighted by Gasteiger charge is -2.31. The molecule has 2 fully saturated rings. The number of urea groups is 1. The molecule has 1 aliphatic carbocycles. The van der Waals surface area contributed by atoms with Gasteiger partial charge in [-0.3, -0.25) is 15.0 Å². The fourth-order valence-corrected chi connectivity index (χ4v) is 2.66. The number of hydrogen-bond donors (Lipinski definition) is 3. The number of rotatable bonds is 7. The van der Waals surface area contributed by atoms with Gasteiger partial charge in [0.25, 0.3) is 0 Å². The molecule has 1 aliphatic heterocycles. The molecule has 0 aromatic rings. The molecular formula is C16H31ClN4O2. The molecule has 0 radical (unpaired) electrons. The van der Waals surface area contributed by atoms with Crippen molar-refractivity contribution in [3.05, 3.63) is 0 Å². The Labute approximate surface area is 145 Å². The van der Waals surface area contributed by atoms with Crippen LogP contribution in [0.1, 0.15) is 39.5 Å².